The van der Waals surface area contributed by atoms with Crippen LogP contribution in [-0.4, -0.2) is 82.1 Å². The van der Waals surface area contributed by atoms with Gasteiger partial charge >= 0.3 is 5.97 Å². The lowest BCUT2D eigenvalue weighted by molar-refractivity contribution is -0.130. The number of carbonyl (C=O) groups excluding carboxylic acids is 1. The van der Waals surface area contributed by atoms with Gasteiger partial charge in [-0.05, 0) is 26.8 Å². The first-order valence-corrected chi connectivity index (χ1v) is 8.74. The number of hydrogen-bond acceptors (Lipinski definition) is 6. The summed E-state index contributed by atoms with van der Waals surface area (Å²) in [5, 5.41) is 9.14. The molecule has 1 atom stereocenters. The Labute approximate surface area is 147 Å². The number of nitrogens with zero attached hydrogens (tertiary/aromatic N) is 5. The van der Waals surface area contributed by atoms with Crippen LogP contribution in [0.2, 0.25) is 0 Å². The van der Waals surface area contributed by atoms with Crippen molar-refractivity contribution in [2.45, 2.75) is 31.7 Å². The maximum absolute atomic E-state index is 12.3. The normalized spacial score (nSPS) is 25.3. The maximum Gasteiger partial charge on any atom is 0.356 e. The second-order valence-corrected chi connectivity index (χ2v) is 6.86. The van der Waals surface area contributed by atoms with E-state index in [0.717, 1.165) is 45.6 Å². The van der Waals surface area contributed by atoms with Crippen molar-refractivity contribution in [3.63, 3.8) is 0 Å². The fourth-order valence-corrected chi connectivity index (χ4v) is 3.83. The smallest absolute Gasteiger partial charge is 0.356 e. The Kier molecular flexibility index (Phi) is 4.89. The number of aromatic carboxylic acids is 1. The zero-order valence-corrected chi connectivity index (χ0v) is 14.8. The average Bonchev–Trinajstić information content (AvgIpc) is 2.77. The third-order valence-electron chi connectivity index (χ3n) is 5.55. The lowest BCUT2D eigenvalue weighted by atomic mass is 9.86. The highest BCUT2D eigenvalue weighted by Crippen LogP contribution is 2.33. The highest BCUT2D eigenvalue weighted by Gasteiger charge is 2.42. The molecule has 0 aliphatic carbocycles. The quantitative estimate of drug-likeness (QED) is 0.861. The molecular formula is C17H25N5O3. The van der Waals surface area contributed by atoms with E-state index in [9.17, 15) is 9.59 Å². The van der Waals surface area contributed by atoms with Crippen molar-refractivity contribution in [1.82, 2.24) is 19.8 Å². The van der Waals surface area contributed by atoms with Gasteiger partial charge in [0, 0.05) is 44.7 Å². The molecule has 3 heterocycles. The second-order valence-electron chi connectivity index (χ2n) is 6.86. The SMILES string of the molecule is CCN1CC[C@]2(CCC1=O)CN(c1cncc(C(=O)O)n1)CCN2C. The zero-order valence-electron chi connectivity index (χ0n) is 14.8. The maximum atomic E-state index is 12.3. The fraction of sp³-hybridized carbons (Fsp3) is 0.647. The lowest BCUT2D eigenvalue weighted by Gasteiger charge is -2.49. The number of carboxylic acids is 1. The number of amides is 1. The molecule has 2 saturated heterocycles. The van der Waals surface area contributed by atoms with Crippen molar-refractivity contribution in [2.75, 3.05) is 44.7 Å². The number of carboxylic acid groups (broad SMARTS) is 1. The van der Waals surface area contributed by atoms with E-state index in [2.05, 4.69) is 26.8 Å². The van der Waals surface area contributed by atoms with Gasteiger partial charge in [0.25, 0.3) is 0 Å². The first-order valence-electron chi connectivity index (χ1n) is 8.74. The number of likely N-dealkylation sites (tertiary alicyclic amines) is 1. The Bertz CT molecular complexity index is 667. The van der Waals surface area contributed by atoms with Gasteiger partial charge in [-0.15, -0.1) is 0 Å². The van der Waals surface area contributed by atoms with E-state index >= 15 is 0 Å². The monoisotopic (exact) mass is 347 g/mol. The lowest BCUT2D eigenvalue weighted by Crippen LogP contribution is -2.61. The predicted octanol–water partition coefficient (Wildman–Crippen LogP) is 0.698. The largest absolute Gasteiger partial charge is 0.476 e. The van der Waals surface area contributed by atoms with Gasteiger partial charge in [-0.2, -0.15) is 0 Å². The van der Waals surface area contributed by atoms with Crippen LogP contribution in [-0.2, 0) is 4.79 Å². The van der Waals surface area contributed by atoms with Crippen LogP contribution in [0.15, 0.2) is 12.4 Å². The van der Waals surface area contributed by atoms with E-state index in [1.807, 2.05) is 11.8 Å². The molecule has 1 amide bonds. The first-order chi connectivity index (χ1) is 11.9. The highest BCUT2D eigenvalue weighted by molar-refractivity contribution is 5.85. The van der Waals surface area contributed by atoms with E-state index < -0.39 is 5.97 Å². The van der Waals surface area contributed by atoms with E-state index in [-0.39, 0.29) is 17.1 Å². The molecule has 1 spiro atoms. The van der Waals surface area contributed by atoms with Gasteiger partial charge < -0.3 is 14.9 Å². The van der Waals surface area contributed by atoms with Gasteiger partial charge in [-0.25, -0.2) is 9.78 Å². The summed E-state index contributed by atoms with van der Waals surface area (Å²) >= 11 is 0. The minimum Gasteiger partial charge on any atom is -0.476 e. The number of aromatic nitrogens is 2. The number of anilines is 1. The number of likely N-dealkylation sites (N-methyl/N-ethyl adjacent to an activating group) is 1. The molecule has 1 aromatic heterocycles. The van der Waals surface area contributed by atoms with E-state index in [0.29, 0.717) is 12.2 Å². The third kappa shape index (κ3) is 3.44. The Morgan fingerprint density at radius 3 is 2.80 bits per heavy atom. The molecule has 136 valence electrons. The Hall–Kier alpha value is -2.22. The predicted molar refractivity (Wildman–Crippen MR) is 92.7 cm³/mol. The van der Waals surface area contributed by atoms with Crippen molar-refractivity contribution < 1.29 is 14.7 Å². The first kappa shape index (κ1) is 17.6. The third-order valence-corrected chi connectivity index (χ3v) is 5.55. The van der Waals surface area contributed by atoms with Crippen molar-refractivity contribution >= 4 is 17.7 Å². The molecule has 3 rings (SSSR count). The standard InChI is InChI=1S/C17H25N5O3/c1-3-21-7-6-17(5-4-15(21)23)12-22(9-8-20(17)2)14-11-18-10-13(19-14)16(24)25/h10-11H,3-9,12H2,1-2H3,(H,24,25)/t17-/m1/s1. The molecule has 25 heavy (non-hydrogen) atoms. The molecule has 0 bridgehead atoms. The van der Waals surface area contributed by atoms with Crippen molar-refractivity contribution in [3.05, 3.63) is 18.1 Å². The topological polar surface area (TPSA) is 89.9 Å². The van der Waals surface area contributed by atoms with E-state index in [4.69, 9.17) is 5.11 Å². The summed E-state index contributed by atoms with van der Waals surface area (Å²) in [5.74, 6) is -0.260. The van der Waals surface area contributed by atoms with Gasteiger partial charge in [0.1, 0.15) is 5.82 Å². The molecule has 1 aromatic rings. The molecule has 2 fully saturated rings. The number of carbonyl (C=O) groups is 2. The second kappa shape index (κ2) is 6.95. The van der Waals surface area contributed by atoms with Gasteiger partial charge in [-0.3, -0.25) is 14.7 Å². The summed E-state index contributed by atoms with van der Waals surface area (Å²) in [5.41, 5.74) is -0.141. The molecule has 8 nitrogen and oxygen atoms in total. The van der Waals surface area contributed by atoms with Crippen LogP contribution in [0.1, 0.15) is 36.7 Å². The molecular weight excluding hydrogens is 322 g/mol. The van der Waals surface area contributed by atoms with Crippen molar-refractivity contribution in [1.29, 1.82) is 0 Å². The zero-order chi connectivity index (χ0) is 18.0. The summed E-state index contributed by atoms with van der Waals surface area (Å²) in [6, 6.07) is 0. The Morgan fingerprint density at radius 1 is 1.28 bits per heavy atom. The molecule has 0 saturated carbocycles. The van der Waals surface area contributed by atoms with Crippen LogP contribution in [0.25, 0.3) is 0 Å². The van der Waals surface area contributed by atoms with Crippen LogP contribution in [0, 0.1) is 0 Å². The molecule has 2 aliphatic rings. The van der Waals surface area contributed by atoms with Gasteiger partial charge in [0.15, 0.2) is 5.69 Å². The Morgan fingerprint density at radius 2 is 2.08 bits per heavy atom. The Balaban J connectivity index is 1.83. The molecule has 0 radical (unpaired) electrons. The average molecular weight is 347 g/mol. The van der Waals surface area contributed by atoms with Crippen LogP contribution in [0.5, 0.6) is 0 Å². The highest BCUT2D eigenvalue weighted by atomic mass is 16.4. The van der Waals surface area contributed by atoms with Crippen LogP contribution < -0.4 is 4.90 Å². The van der Waals surface area contributed by atoms with Gasteiger partial charge in [0.2, 0.25) is 5.91 Å². The van der Waals surface area contributed by atoms with Crippen LogP contribution in [0.4, 0.5) is 5.82 Å². The minimum absolute atomic E-state index is 0.0429. The van der Waals surface area contributed by atoms with Crippen molar-refractivity contribution in [2.24, 2.45) is 0 Å². The molecule has 1 N–H and O–H groups in total. The summed E-state index contributed by atoms with van der Waals surface area (Å²) in [6.45, 7) is 5.86. The molecule has 8 heteroatoms. The van der Waals surface area contributed by atoms with Gasteiger partial charge in [-0.1, -0.05) is 0 Å². The number of hydrogen-bond donors (Lipinski definition) is 1. The molecule has 0 aromatic carbocycles. The van der Waals surface area contributed by atoms with E-state index in [1.165, 1.54) is 6.20 Å². The van der Waals surface area contributed by atoms with Crippen molar-refractivity contribution in [3.8, 4) is 0 Å². The number of rotatable bonds is 3. The summed E-state index contributed by atoms with van der Waals surface area (Å²) < 4.78 is 0. The van der Waals surface area contributed by atoms with Gasteiger partial charge in [0.05, 0.1) is 12.4 Å². The number of piperazine rings is 1. The summed E-state index contributed by atoms with van der Waals surface area (Å²) in [6.07, 6.45) is 5.15. The minimum atomic E-state index is -1.07. The molecule has 0 unspecified atom stereocenters. The van der Waals surface area contributed by atoms with Crippen LogP contribution in [0.3, 0.4) is 0 Å². The van der Waals surface area contributed by atoms with Crippen LogP contribution >= 0.6 is 0 Å². The molecule has 2 aliphatic heterocycles. The summed E-state index contributed by atoms with van der Waals surface area (Å²) in [7, 11) is 2.11. The summed E-state index contributed by atoms with van der Waals surface area (Å²) in [4.78, 5) is 38.1. The fourth-order valence-electron chi connectivity index (χ4n) is 3.83. The van der Waals surface area contributed by atoms with E-state index in [1.54, 1.807) is 6.20 Å².